The summed E-state index contributed by atoms with van der Waals surface area (Å²) >= 11 is 0. The standard InChI is InChI=1S/C13H19N3O/c1-4-14-8-13-7-12(10(2)17-13)9-16-6-5-15-11(16)3/h5-7,14H,4,8-9H2,1-3H3. The molecule has 1 N–H and O–H groups in total. The minimum absolute atomic E-state index is 0.792. The summed E-state index contributed by atoms with van der Waals surface area (Å²) in [6, 6.07) is 2.12. The molecule has 92 valence electrons. The first-order valence-electron chi connectivity index (χ1n) is 5.97. The Kier molecular flexibility index (Phi) is 3.64. The van der Waals surface area contributed by atoms with Crippen LogP contribution in [-0.2, 0) is 13.1 Å². The molecule has 2 heterocycles. The van der Waals surface area contributed by atoms with Crippen molar-refractivity contribution in [3.05, 3.63) is 41.4 Å². The van der Waals surface area contributed by atoms with Crippen molar-refractivity contribution in [3.63, 3.8) is 0 Å². The zero-order valence-corrected chi connectivity index (χ0v) is 10.7. The molecule has 0 aromatic carbocycles. The van der Waals surface area contributed by atoms with E-state index in [0.717, 1.165) is 37.0 Å². The van der Waals surface area contributed by atoms with Gasteiger partial charge >= 0.3 is 0 Å². The van der Waals surface area contributed by atoms with Gasteiger partial charge in [0.15, 0.2) is 0 Å². The summed E-state index contributed by atoms with van der Waals surface area (Å²) < 4.78 is 7.83. The first-order chi connectivity index (χ1) is 8.20. The molecule has 0 saturated carbocycles. The fraction of sp³-hybridized carbons (Fsp3) is 0.462. The van der Waals surface area contributed by atoms with E-state index in [9.17, 15) is 0 Å². The van der Waals surface area contributed by atoms with Crippen LogP contribution in [0.5, 0.6) is 0 Å². The van der Waals surface area contributed by atoms with Crippen LogP contribution in [0.4, 0.5) is 0 Å². The fourth-order valence-electron chi connectivity index (χ4n) is 1.83. The number of furan rings is 1. The highest BCUT2D eigenvalue weighted by Crippen LogP contribution is 2.16. The average molecular weight is 233 g/mol. The molecule has 0 atom stereocenters. The highest BCUT2D eigenvalue weighted by atomic mass is 16.3. The van der Waals surface area contributed by atoms with Gasteiger partial charge in [0.25, 0.3) is 0 Å². The first-order valence-corrected chi connectivity index (χ1v) is 5.97. The number of hydrogen-bond acceptors (Lipinski definition) is 3. The van der Waals surface area contributed by atoms with Gasteiger partial charge in [-0.15, -0.1) is 0 Å². The lowest BCUT2D eigenvalue weighted by atomic mass is 10.2. The van der Waals surface area contributed by atoms with Gasteiger partial charge in [-0.3, -0.25) is 0 Å². The molecule has 0 fully saturated rings. The molecule has 2 rings (SSSR count). The number of hydrogen-bond donors (Lipinski definition) is 1. The molecule has 4 heteroatoms. The molecule has 0 amide bonds. The van der Waals surface area contributed by atoms with Gasteiger partial charge in [-0.2, -0.15) is 0 Å². The summed E-state index contributed by atoms with van der Waals surface area (Å²) in [5.74, 6) is 3.02. The highest BCUT2D eigenvalue weighted by molar-refractivity contribution is 5.21. The van der Waals surface area contributed by atoms with E-state index in [-0.39, 0.29) is 0 Å². The Bertz CT molecular complexity index is 485. The molecule has 0 saturated heterocycles. The Labute approximate surface area is 102 Å². The molecule has 0 bridgehead atoms. The van der Waals surface area contributed by atoms with Crippen LogP contribution < -0.4 is 5.32 Å². The van der Waals surface area contributed by atoms with Crippen molar-refractivity contribution in [3.8, 4) is 0 Å². The van der Waals surface area contributed by atoms with Gasteiger partial charge in [-0.1, -0.05) is 6.92 Å². The van der Waals surface area contributed by atoms with E-state index in [0.29, 0.717) is 0 Å². The van der Waals surface area contributed by atoms with E-state index < -0.39 is 0 Å². The van der Waals surface area contributed by atoms with E-state index >= 15 is 0 Å². The molecular formula is C13H19N3O. The van der Waals surface area contributed by atoms with Crippen LogP contribution in [0.15, 0.2) is 22.9 Å². The van der Waals surface area contributed by atoms with Crippen molar-refractivity contribution in [1.29, 1.82) is 0 Å². The molecule has 0 aliphatic heterocycles. The molecule has 2 aromatic rings. The Hall–Kier alpha value is -1.55. The second-order valence-corrected chi connectivity index (χ2v) is 4.18. The first kappa shape index (κ1) is 11.9. The van der Waals surface area contributed by atoms with Gasteiger partial charge in [-0.05, 0) is 26.5 Å². The number of imidazole rings is 1. The van der Waals surface area contributed by atoms with Crippen LogP contribution >= 0.6 is 0 Å². The molecule has 2 aromatic heterocycles. The van der Waals surface area contributed by atoms with Gasteiger partial charge in [0, 0.05) is 18.0 Å². The van der Waals surface area contributed by atoms with Crippen molar-refractivity contribution in [1.82, 2.24) is 14.9 Å². The summed E-state index contributed by atoms with van der Waals surface area (Å²) in [7, 11) is 0. The minimum atomic E-state index is 0.792. The summed E-state index contributed by atoms with van der Waals surface area (Å²) in [6.07, 6.45) is 3.82. The Morgan fingerprint density at radius 3 is 2.88 bits per heavy atom. The third-order valence-electron chi connectivity index (χ3n) is 2.89. The van der Waals surface area contributed by atoms with Crippen LogP contribution in [0.3, 0.4) is 0 Å². The molecule has 0 radical (unpaired) electrons. The number of aromatic nitrogens is 2. The predicted octanol–water partition coefficient (Wildman–Crippen LogP) is 2.25. The molecule has 0 aliphatic carbocycles. The van der Waals surface area contributed by atoms with Crippen LogP contribution in [0.1, 0.15) is 29.8 Å². The van der Waals surface area contributed by atoms with Crippen LogP contribution in [0.25, 0.3) is 0 Å². The number of nitrogens with zero attached hydrogens (tertiary/aromatic N) is 2. The SMILES string of the molecule is CCNCc1cc(Cn2ccnc2C)c(C)o1. The monoisotopic (exact) mass is 233 g/mol. The molecule has 0 unspecified atom stereocenters. The maximum atomic E-state index is 5.71. The van der Waals surface area contributed by atoms with Crippen molar-refractivity contribution in [2.24, 2.45) is 0 Å². The fourth-order valence-corrected chi connectivity index (χ4v) is 1.83. The summed E-state index contributed by atoms with van der Waals surface area (Å²) in [6.45, 7) is 8.68. The number of nitrogens with one attached hydrogen (secondary N) is 1. The van der Waals surface area contributed by atoms with Crippen molar-refractivity contribution in [2.75, 3.05) is 6.54 Å². The Morgan fingerprint density at radius 1 is 1.41 bits per heavy atom. The smallest absolute Gasteiger partial charge is 0.118 e. The lowest BCUT2D eigenvalue weighted by Crippen LogP contribution is -2.10. The maximum absolute atomic E-state index is 5.71. The largest absolute Gasteiger partial charge is 0.465 e. The van der Waals surface area contributed by atoms with E-state index in [1.807, 2.05) is 26.2 Å². The molecule has 0 spiro atoms. The van der Waals surface area contributed by atoms with E-state index in [1.165, 1.54) is 5.56 Å². The van der Waals surface area contributed by atoms with Gasteiger partial charge in [0.05, 0.1) is 13.1 Å². The van der Waals surface area contributed by atoms with Gasteiger partial charge in [0.1, 0.15) is 17.3 Å². The third kappa shape index (κ3) is 2.77. The van der Waals surface area contributed by atoms with Crippen molar-refractivity contribution < 1.29 is 4.42 Å². The number of rotatable bonds is 5. The lowest BCUT2D eigenvalue weighted by molar-refractivity contribution is 0.462. The van der Waals surface area contributed by atoms with Crippen LogP contribution in [0, 0.1) is 13.8 Å². The quantitative estimate of drug-likeness (QED) is 0.861. The zero-order valence-electron chi connectivity index (χ0n) is 10.7. The van der Waals surface area contributed by atoms with E-state index in [4.69, 9.17) is 4.42 Å². The highest BCUT2D eigenvalue weighted by Gasteiger charge is 2.08. The molecule has 17 heavy (non-hydrogen) atoms. The Balaban J connectivity index is 2.11. The molecular weight excluding hydrogens is 214 g/mol. The average Bonchev–Trinajstić information content (AvgIpc) is 2.85. The summed E-state index contributed by atoms with van der Waals surface area (Å²) in [5.41, 5.74) is 1.22. The summed E-state index contributed by atoms with van der Waals surface area (Å²) in [4.78, 5) is 4.22. The molecule has 4 nitrogen and oxygen atoms in total. The molecule has 0 aliphatic rings. The normalized spacial score (nSPS) is 11.0. The van der Waals surface area contributed by atoms with Gasteiger partial charge in [0.2, 0.25) is 0 Å². The van der Waals surface area contributed by atoms with Gasteiger partial charge < -0.3 is 14.3 Å². The minimum Gasteiger partial charge on any atom is -0.465 e. The number of aryl methyl sites for hydroxylation is 2. The second-order valence-electron chi connectivity index (χ2n) is 4.18. The Morgan fingerprint density at radius 2 is 2.24 bits per heavy atom. The van der Waals surface area contributed by atoms with E-state index in [2.05, 4.69) is 27.9 Å². The lowest BCUT2D eigenvalue weighted by Gasteiger charge is -2.02. The zero-order chi connectivity index (χ0) is 12.3. The summed E-state index contributed by atoms with van der Waals surface area (Å²) in [5, 5.41) is 3.26. The van der Waals surface area contributed by atoms with Crippen molar-refractivity contribution in [2.45, 2.75) is 33.9 Å². The van der Waals surface area contributed by atoms with Crippen molar-refractivity contribution >= 4 is 0 Å². The van der Waals surface area contributed by atoms with Gasteiger partial charge in [-0.25, -0.2) is 4.98 Å². The van der Waals surface area contributed by atoms with Crippen LogP contribution in [-0.4, -0.2) is 16.1 Å². The topological polar surface area (TPSA) is 43.0 Å². The third-order valence-corrected chi connectivity index (χ3v) is 2.89. The second kappa shape index (κ2) is 5.19. The van der Waals surface area contributed by atoms with E-state index in [1.54, 1.807) is 0 Å². The predicted molar refractivity (Wildman–Crippen MR) is 66.9 cm³/mol. The van der Waals surface area contributed by atoms with Crippen LogP contribution in [0.2, 0.25) is 0 Å². The maximum Gasteiger partial charge on any atom is 0.118 e.